The molecule has 0 spiro atoms. The van der Waals surface area contributed by atoms with E-state index in [1.54, 1.807) is 0 Å². The quantitative estimate of drug-likeness (QED) is 0.583. The lowest BCUT2D eigenvalue weighted by atomic mass is 10.1. The highest BCUT2D eigenvalue weighted by atomic mass is 32.2. The van der Waals surface area contributed by atoms with Crippen LogP contribution in [-0.4, -0.2) is 41.0 Å². The Morgan fingerprint density at radius 3 is 1.94 bits per heavy atom. The van der Waals surface area contributed by atoms with E-state index in [1.807, 2.05) is 0 Å². The maximum atomic E-state index is 12.1. The Morgan fingerprint density at radius 1 is 1.17 bits per heavy atom. The summed E-state index contributed by atoms with van der Waals surface area (Å²) in [5.41, 5.74) is 5.04. The highest BCUT2D eigenvalue weighted by Crippen LogP contribution is 2.41. The fraction of sp³-hybridized carbons (Fsp3) is 0.875. The van der Waals surface area contributed by atoms with Crippen LogP contribution in [0, 0.1) is 5.92 Å². The summed E-state index contributed by atoms with van der Waals surface area (Å²) in [5, 5.41) is 8.35. The second kappa shape index (κ2) is 6.50. The highest BCUT2D eigenvalue weighted by Gasteiger charge is 2.55. The van der Waals surface area contributed by atoms with E-state index in [0.717, 1.165) is 0 Å². The van der Waals surface area contributed by atoms with Crippen LogP contribution in [0.15, 0.2) is 0 Å². The molecule has 0 heterocycles. The molecule has 0 aliphatic rings. The second-order valence-corrected chi connectivity index (χ2v) is 4.59. The maximum Gasteiger partial charge on any atom is 0.400 e. The molecule has 0 aliphatic carbocycles. The molecule has 0 aromatic carbocycles. The van der Waals surface area contributed by atoms with Gasteiger partial charge in [-0.05, 0) is 12.2 Å². The fourth-order valence-corrected chi connectivity index (χ4v) is 1.96. The van der Waals surface area contributed by atoms with Gasteiger partial charge in [-0.25, -0.2) is 0 Å². The molecule has 0 fully saturated rings. The van der Waals surface area contributed by atoms with Crippen molar-refractivity contribution in [3.8, 4) is 0 Å². The molecule has 18 heavy (non-hydrogen) atoms. The molecular weight excluding hydrogens is 288 g/mol. The zero-order chi connectivity index (χ0) is 14.6. The van der Waals surface area contributed by atoms with E-state index in [2.05, 4.69) is 0 Å². The number of carboxylic acid groups (broad SMARTS) is 1. The molecule has 0 saturated heterocycles. The minimum atomic E-state index is -5.35. The van der Waals surface area contributed by atoms with Crippen molar-refractivity contribution in [3.05, 3.63) is 0 Å². The number of hydrogen-bond donors (Lipinski definition) is 2. The minimum absolute atomic E-state index is 0.238. The summed E-state index contributed by atoms with van der Waals surface area (Å²) in [7, 11) is 0. The van der Waals surface area contributed by atoms with Crippen LogP contribution in [0.1, 0.15) is 6.42 Å². The predicted octanol–water partition coefficient (Wildman–Crippen LogP) is 2.26. The van der Waals surface area contributed by atoms with Crippen molar-refractivity contribution >= 4 is 17.7 Å². The van der Waals surface area contributed by atoms with Crippen molar-refractivity contribution in [2.45, 2.75) is 24.8 Å². The third kappa shape index (κ3) is 6.34. The molecule has 0 amide bonds. The van der Waals surface area contributed by atoms with Gasteiger partial charge in [0.15, 0.2) is 5.92 Å². The molecule has 0 saturated carbocycles. The molecule has 0 bridgehead atoms. The van der Waals surface area contributed by atoms with Crippen LogP contribution < -0.4 is 5.73 Å². The van der Waals surface area contributed by atoms with Crippen LogP contribution in [-0.2, 0) is 4.79 Å². The molecule has 0 aliphatic heterocycles. The Labute approximate surface area is 103 Å². The molecule has 108 valence electrons. The highest BCUT2D eigenvalue weighted by molar-refractivity contribution is 7.99. The third-order valence-electron chi connectivity index (χ3n) is 1.96. The topological polar surface area (TPSA) is 63.3 Å². The summed E-state index contributed by atoms with van der Waals surface area (Å²) in [4.78, 5) is 10.2. The lowest BCUT2D eigenvalue weighted by Crippen LogP contribution is -2.37. The first-order chi connectivity index (χ1) is 7.96. The number of nitrogens with two attached hydrogens (primary N) is 1. The van der Waals surface area contributed by atoms with Gasteiger partial charge in [0.25, 0.3) is 0 Å². The Balaban J connectivity index is 4.19. The van der Waals surface area contributed by atoms with Crippen molar-refractivity contribution < 1.29 is 36.2 Å². The van der Waals surface area contributed by atoms with E-state index < -0.39 is 42.5 Å². The molecule has 1 atom stereocenters. The van der Waals surface area contributed by atoms with Crippen LogP contribution in [0.2, 0.25) is 0 Å². The average Bonchev–Trinajstić information content (AvgIpc) is 2.12. The van der Waals surface area contributed by atoms with E-state index in [0.29, 0.717) is 11.8 Å². The van der Waals surface area contributed by atoms with E-state index in [-0.39, 0.29) is 5.75 Å². The average molecular weight is 299 g/mol. The molecular formula is C8H11F6NO2S. The molecule has 3 N–H and O–H groups in total. The molecule has 0 aromatic rings. The first-order valence-corrected chi connectivity index (χ1v) is 5.81. The Bertz CT molecular complexity index is 266. The lowest BCUT2D eigenvalue weighted by molar-refractivity contribution is -0.284. The van der Waals surface area contributed by atoms with Crippen molar-refractivity contribution in [3.63, 3.8) is 0 Å². The minimum Gasteiger partial charge on any atom is -0.480 e. The molecule has 0 radical (unpaired) electrons. The summed E-state index contributed by atoms with van der Waals surface area (Å²) >= 11 is 0.644. The smallest absolute Gasteiger partial charge is 0.400 e. The normalized spacial score (nSPS) is 14.9. The monoisotopic (exact) mass is 299 g/mol. The van der Waals surface area contributed by atoms with Gasteiger partial charge < -0.3 is 10.8 Å². The number of aliphatic carboxylic acids is 1. The number of carboxylic acids is 1. The summed E-state index contributed by atoms with van der Waals surface area (Å²) < 4.78 is 72.5. The maximum absolute atomic E-state index is 12.1. The van der Waals surface area contributed by atoms with Gasteiger partial charge in [0, 0.05) is 5.75 Å². The van der Waals surface area contributed by atoms with Gasteiger partial charge in [-0.15, -0.1) is 0 Å². The lowest BCUT2D eigenvalue weighted by Gasteiger charge is -2.22. The summed E-state index contributed by atoms with van der Waals surface area (Å²) in [6, 6.07) is -1.30. The number of alkyl halides is 6. The van der Waals surface area contributed by atoms with E-state index in [9.17, 15) is 31.1 Å². The fourth-order valence-electron chi connectivity index (χ4n) is 0.996. The largest absolute Gasteiger partial charge is 0.480 e. The zero-order valence-corrected chi connectivity index (χ0v) is 9.70. The van der Waals surface area contributed by atoms with Crippen LogP contribution in [0.5, 0.6) is 0 Å². The Morgan fingerprint density at radius 2 is 1.61 bits per heavy atom. The van der Waals surface area contributed by atoms with Gasteiger partial charge in [-0.2, -0.15) is 38.1 Å². The second-order valence-electron chi connectivity index (χ2n) is 3.44. The number of carbonyl (C=O) groups is 1. The molecule has 3 nitrogen and oxygen atoms in total. The van der Waals surface area contributed by atoms with Gasteiger partial charge in [0.2, 0.25) is 0 Å². The predicted molar refractivity (Wildman–Crippen MR) is 53.2 cm³/mol. The van der Waals surface area contributed by atoms with Crippen LogP contribution >= 0.6 is 11.8 Å². The number of rotatable bonds is 6. The SMILES string of the molecule is N[C@@H](CSCCC(C(F)(F)F)C(F)(F)F)C(=O)O. The van der Waals surface area contributed by atoms with E-state index in [1.165, 1.54) is 0 Å². The van der Waals surface area contributed by atoms with Gasteiger partial charge in [-0.1, -0.05) is 0 Å². The van der Waals surface area contributed by atoms with Gasteiger partial charge in [-0.3, -0.25) is 4.79 Å². The Hall–Kier alpha value is -0.640. The van der Waals surface area contributed by atoms with Crippen LogP contribution in [0.4, 0.5) is 26.3 Å². The van der Waals surface area contributed by atoms with Crippen LogP contribution in [0.25, 0.3) is 0 Å². The van der Waals surface area contributed by atoms with Gasteiger partial charge >= 0.3 is 18.3 Å². The van der Waals surface area contributed by atoms with Crippen molar-refractivity contribution in [1.29, 1.82) is 0 Å². The number of thioether (sulfide) groups is 1. The summed E-state index contributed by atoms with van der Waals surface area (Å²) in [6.07, 6.45) is -11.9. The van der Waals surface area contributed by atoms with E-state index in [4.69, 9.17) is 10.8 Å². The van der Waals surface area contributed by atoms with Crippen molar-refractivity contribution in [2.24, 2.45) is 11.7 Å². The number of hydrogen-bond acceptors (Lipinski definition) is 3. The molecule has 10 heteroatoms. The number of halogens is 6. The van der Waals surface area contributed by atoms with Crippen LogP contribution in [0.3, 0.4) is 0 Å². The van der Waals surface area contributed by atoms with E-state index >= 15 is 0 Å². The first kappa shape index (κ1) is 17.4. The summed E-state index contributed by atoms with van der Waals surface area (Å²) in [5.74, 6) is -5.45. The zero-order valence-electron chi connectivity index (χ0n) is 8.88. The molecule has 0 rings (SSSR count). The standard InChI is InChI=1S/C8H11F6NO2S/c9-7(10,11)5(8(12,13)14)1-2-18-3-4(15)6(16)17/h4-5H,1-3,15H2,(H,16,17)/t4-/m0/s1. The van der Waals surface area contributed by atoms with Crippen molar-refractivity contribution in [1.82, 2.24) is 0 Å². The molecule has 0 unspecified atom stereocenters. The molecule has 0 aromatic heterocycles. The first-order valence-electron chi connectivity index (χ1n) is 4.65. The third-order valence-corrected chi connectivity index (χ3v) is 3.07. The van der Waals surface area contributed by atoms with Gasteiger partial charge in [0.05, 0.1) is 0 Å². The Kier molecular flexibility index (Phi) is 6.27. The van der Waals surface area contributed by atoms with Gasteiger partial charge in [0.1, 0.15) is 6.04 Å². The van der Waals surface area contributed by atoms with Crippen molar-refractivity contribution in [2.75, 3.05) is 11.5 Å². The summed E-state index contributed by atoms with van der Waals surface area (Å²) in [6.45, 7) is 0.